The van der Waals surface area contributed by atoms with Gasteiger partial charge in [-0.25, -0.2) is 8.78 Å². The zero-order valence-corrected chi connectivity index (χ0v) is 13.8. The van der Waals surface area contributed by atoms with Crippen LogP contribution >= 0.6 is 23.1 Å². The van der Waals surface area contributed by atoms with E-state index in [1.165, 1.54) is 29.2 Å². The molecule has 0 fully saturated rings. The lowest BCUT2D eigenvalue weighted by Crippen LogP contribution is -2.02. The predicted molar refractivity (Wildman–Crippen MR) is 90.4 cm³/mol. The third-order valence-corrected chi connectivity index (χ3v) is 5.63. The van der Waals surface area contributed by atoms with Gasteiger partial charge in [-0.15, -0.1) is 10.2 Å². The molecular weight excluding hydrogens is 352 g/mol. The van der Waals surface area contributed by atoms with E-state index in [9.17, 15) is 13.9 Å². The molecule has 0 aliphatic heterocycles. The fourth-order valence-corrected chi connectivity index (χ4v) is 4.35. The van der Waals surface area contributed by atoms with Gasteiger partial charge >= 0.3 is 0 Å². The minimum atomic E-state index is -0.967. The van der Waals surface area contributed by atoms with Crippen LogP contribution in [-0.4, -0.2) is 25.5 Å². The van der Waals surface area contributed by atoms with Crippen LogP contribution in [0.1, 0.15) is 11.7 Å². The second kappa shape index (κ2) is 6.12. The Balaban J connectivity index is 1.59. The van der Waals surface area contributed by atoms with Gasteiger partial charge in [0.05, 0.1) is 16.3 Å². The number of hydrogen-bond acceptors (Lipinski definition) is 5. The van der Waals surface area contributed by atoms with Gasteiger partial charge in [0.1, 0.15) is 0 Å². The molecule has 122 valence electrons. The SMILES string of the molecule is O[C@@H](CSc1nnc2sc3ccccc3n12)c1ccc(F)c(F)c1. The Morgan fingerprint density at radius 2 is 1.96 bits per heavy atom. The normalized spacial score (nSPS) is 13.0. The molecule has 4 aromatic rings. The Morgan fingerprint density at radius 3 is 2.79 bits per heavy atom. The van der Waals surface area contributed by atoms with Crippen LogP contribution in [0.25, 0.3) is 15.2 Å². The van der Waals surface area contributed by atoms with E-state index in [-0.39, 0.29) is 5.75 Å². The van der Waals surface area contributed by atoms with E-state index in [0.29, 0.717) is 10.7 Å². The molecule has 4 rings (SSSR count). The van der Waals surface area contributed by atoms with Crippen molar-refractivity contribution in [2.45, 2.75) is 11.3 Å². The van der Waals surface area contributed by atoms with Crippen LogP contribution in [0.15, 0.2) is 47.6 Å². The van der Waals surface area contributed by atoms with Crippen LogP contribution in [0, 0.1) is 11.6 Å². The number of aliphatic hydroxyl groups is 1. The number of para-hydroxylation sites is 1. The van der Waals surface area contributed by atoms with Gasteiger partial charge in [-0.1, -0.05) is 41.3 Å². The molecule has 2 aromatic heterocycles. The number of thiazole rings is 1. The Kier molecular flexibility index (Phi) is 3.95. The van der Waals surface area contributed by atoms with E-state index in [4.69, 9.17) is 0 Å². The first-order valence-corrected chi connectivity index (χ1v) is 8.92. The first-order chi connectivity index (χ1) is 11.6. The van der Waals surface area contributed by atoms with E-state index in [1.54, 1.807) is 0 Å². The van der Waals surface area contributed by atoms with Crippen molar-refractivity contribution in [3.63, 3.8) is 0 Å². The van der Waals surface area contributed by atoms with Gasteiger partial charge in [0, 0.05) is 5.75 Å². The van der Waals surface area contributed by atoms with Crippen LogP contribution in [-0.2, 0) is 0 Å². The largest absolute Gasteiger partial charge is 0.388 e. The first kappa shape index (κ1) is 15.5. The lowest BCUT2D eigenvalue weighted by Gasteiger charge is -2.10. The van der Waals surface area contributed by atoms with E-state index < -0.39 is 17.7 Å². The highest BCUT2D eigenvalue weighted by Gasteiger charge is 2.16. The van der Waals surface area contributed by atoms with Gasteiger partial charge in [0.15, 0.2) is 16.8 Å². The standard InChI is InChI=1S/C16H11F2N3OS2/c17-10-6-5-9(7-11(10)18)13(22)8-23-15-19-20-16-21(15)12-3-1-2-4-14(12)24-16/h1-7,13,22H,8H2/t13-/m0/s1. The van der Waals surface area contributed by atoms with Crippen molar-refractivity contribution in [1.82, 2.24) is 14.6 Å². The fraction of sp³-hybridized carbons (Fsp3) is 0.125. The Bertz CT molecular complexity index is 1030. The monoisotopic (exact) mass is 363 g/mol. The van der Waals surface area contributed by atoms with Crippen molar-refractivity contribution < 1.29 is 13.9 Å². The van der Waals surface area contributed by atoms with Gasteiger partial charge in [-0.3, -0.25) is 4.40 Å². The van der Waals surface area contributed by atoms with E-state index in [0.717, 1.165) is 27.3 Å². The summed E-state index contributed by atoms with van der Waals surface area (Å²) in [5, 5.41) is 19.2. The summed E-state index contributed by atoms with van der Waals surface area (Å²) < 4.78 is 29.3. The van der Waals surface area contributed by atoms with Gasteiger partial charge in [-0.05, 0) is 29.8 Å². The Morgan fingerprint density at radius 1 is 1.12 bits per heavy atom. The number of aromatic nitrogens is 3. The fourth-order valence-electron chi connectivity index (χ4n) is 2.42. The zero-order valence-electron chi connectivity index (χ0n) is 12.2. The van der Waals surface area contributed by atoms with Crippen molar-refractivity contribution in [2.24, 2.45) is 0 Å². The molecular formula is C16H11F2N3OS2. The summed E-state index contributed by atoms with van der Waals surface area (Å²) in [4.78, 5) is 0.779. The zero-order chi connectivity index (χ0) is 16.7. The molecule has 0 saturated carbocycles. The molecule has 0 radical (unpaired) electrons. The summed E-state index contributed by atoms with van der Waals surface area (Å²) in [6.45, 7) is 0. The van der Waals surface area contributed by atoms with Gasteiger partial charge in [0.2, 0.25) is 4.96 Å². The molecule has 0 amide bonds. The maximum atomic E-state index is 13.3. The second-order valence-electron chi connectivity index (χ2n) is 5.17. The minimum Gasteiger partial charge on any atom is -0.388 e. The third-order valence-electron chi connectivity index (χ3n) is 3.61. The van der Waals surface area contributed by atoms with Gasteiger partial charge in [-0.2, -0.15) is 0 Å². The predicted octanol–water partition coefficient (Wildman–Crippen LogP) is 4.05. The average Bonchev–Trinajstić information content (AvgIpc) is 3.14. The summed E-state index contributed by atoms with van der Waals surface area (Å²) in [5.74, 6) is -1.64. The minimum absolute atomic E-state index is 0.260. The number of thioether (sulfide) groups is 1. The molecule has 0 aliphatic rings. The molecule has 4 nitrogen and oxygen atoms in total. The lowest BCUT2D eigenvalue weighted by atomic mass is 10.1. The molecule has 0 unspecified atom stereocenters. The second-order valence-corrected chi connectivity index (χ2v) is 7.17. The average molecular weight is 363 g/mol. The summed E-state index contributed by atoms with van der Waals surface area (Å²) in [6.07, 6.45) is -0.928. The highest BCUT2D eigenvalue weighted by Crippen LogP contribution is 2.31. The van der Waals surface area contributed by atoms with E-state index >= 15 is 0 Å². The van der Waals surface area contributed by atoms with Crippen LogP contribution in [0.3, 0.4) is 0 Å². The number of fused-ring (bicyclic) bond motifs is 3. The maximum absolute atomic E-state index is 13.3. The van der Waals surface area contributed by atoms with Gasteiger partial charge in [0.25, 0.3) is 0 Å². The molecule has 8 heteroatoms. The van der Waals surface area contributed by atoms with Crippen LogP contribution in [0.4, 0.5) is 8.78 Å². The molecule has 2 heterocycles. The van der Waals surface area contributed by atoms with E-state index in [1.807, 2.05) is 28.7 Å². The molecule has 0 saturated heterocycles. The number of nitrogens with zero attached hydrogens (tertiary/aromatic N) is 3. The number of aliphatic hydroxyl groups excluding tert-OH is 1. The summed E-state index contributed by atoms with van der Waals surface area (Å²) in [5.41, 5.74) is 1.34. The van der Waals surface area contributed by atoms with Crippen molar-refractivity contribution in [3.8, 4) is 0 Å². The molecule has 0 bridgehead atoms. The molecule has 1 atom stereocenters. The summed E-state index contributed by atoms with van der Waals surface area (Å²) in [6, 6.07) is 11.3. The molecule has 1 N–H and O–H groups in total. The lowest BCUT2D eigenvalue weighted by molar-refractivity contribution is 0.203. The van der Waals surface area contributed by atoms with E-state index in [2.05, 4.69) is 10.2 Å². The quantitative estimate of drug-likeness (QED) is 0.556. The smallest absolute Gasteiger partial charge is 0.217 e. The van der Waals surface area contributed by atoms with Gasteiger partial charge < -0.3 is 5.11 Å². The van der Waals surface area contributed by atoms with Crippen molar-refractivity contribution >= 4 is 38.3 Å². The van der Waals surface area contributed by atoms with Crippen molar-refractivity contribution in [3.05, 3.63) is 59.7 Å². The van der Waals surface area contributed by atoms with Crippen LogP contribution in [0.2, 0.25) is 0 Å². The maximum Gasteiger partial charge on any atom is 0.217 e. The summed E-state index contributed by atoms with van der Waals surface area (Å²) in [7, 11) is 0. The van der Waals surface area contributed by atoms with Crippen molar-refractivity contribution in [2.75, 3.05) is 5.75 Å². The van der Waals surface area contributed by atoms with Crippen LogP contribution < -0.4 is 0 Å². The third kappa shape index (κ3) is 2.66. The van der Waals surface area contributed by atoms with Crippen molar-refractivity contribution in [1.29, 1.82) is 0 Å². The Hall–Kier alpha value is -2.03. The molecule has 24 heavy (non-hydrogen) atoms. The highest BCUT2D eigenvalue weighted by atomic mass is 32.2. The number of hydrogen-bond donors (Lipinski definition) is 1. The molecule has 0 spiro atoms. The number of rotatable bonds is 4. The van der Waals surface area contributed by atoms with Crippen LogP contribution in [0.5, 0.6) is 0 Å². The number of halogens is 2. The Labute approximate surface area is 143 Å². The molecule has 0 aliphatic carbocycles. The summed E-state index contributed by atoms with van der Waals surface area (Å²) >= 11 is 2.86. The first-order valence-electron chi connectivity index (χ1n) is 7.12. The topological polar surface area (TPSA) is 50.4 Å². The highest BCUT2D eigenvalue weighted by molar-refractivity contribution is 7.99. The number of benzene rings is 2. The molecule has 2 aromatic carbocycles.